The number of hydrogen-bond acceptors (Lipinski definition) is 4. The maximum absolute atomic E-state index is 8.61. The van der Waals surface area contributed by atoms with Gasteiger partial charge in [-0.15, -0.1) is 0 Å². The van der Waals surface area contributed by atoms with Crippen LogP contribution in [-0.2, 0) is 12.3 Å². The Kier molecular flexibility index (Phi) is 6.65. The van der Waals surface area contributed by atoms with Crippen molar-refractivity contribution in [1.82, 2.24) is 0 Å². The summed E-state index contributed by atoms with van der Waals surface area (Å²) in [5.41, 5.74) is 0. The van der Waals surface area contributed by atoms with Crippen LogP contribution < -0.4 is 0 Å². The van der Waals surface area contributed by atoms with Gasteiger partial charge < -0.3 is 17.1 Å². The molecule has 11 heavy (non-hydrogen) atoms. The molecule has 1 N–H and O–H groups in total. The first-order chi connectivity index (χ1) is 5.12. The molecular formula is C3H16O4Si4. The van der Waals surface area contributed by atoms with Crippen LogP contribution in [0.5, 0.6) is 0 Å². The van der Waals surface area contributed by atoms with Gasteiger partial charge in [0.15, 0.2) is 0 Å². The molecule has 0 atom stereocenters. The van der Waals surface area contributed by atoms with Gasteiger partial charge in [0.1, 0.15) is 9.76 Å². The van der Waals surface area contributed by atoms with Crippen LogP contribution in [0, 0.1) is 0 Å². The van der Waals surface area contributed by atoms with Crippen LogP contribution in [0.3, 0.4) is 0 Å². The Morgan fingerprint density at radius 2 is 1.91 bits per heavy atom. The molecule has 0 spiro atoms. The molecule has 0 saturated carbocycles. The summed E-state index contributed by atoms with van der Waals surface area (Å²) in [6.07, 6.45) is 0. The fraction of sp³-hybridized carbons (Fsp3) is 1.00. The normalized spacial score (nSPS) is 15.3. The maximum atomic E-state index is 8.61. The SMILES string of the molecule is C[SiH2]O[SiH2]O[Si](C)(C)O[SiH2]O. The van der Waals surface area contributed by atoms with E-state index in [1.165, 1.54) is 0 Å². The average Bonchev–Trinajstić information content (AvgIpc) is 1.87. The zero-order valence-corrected chi connectivity index (χ0v) is 12.5. The Bertz CT molecular complexity index is 99.3. The standard InChI is InChI=1S/C3H16O4Si4/c1-8-5-10-7-11(2,3)6-9-4/h4H,8-10H2,1-3H3. The van der Waals surface area contributed by atoms with Crippen LogP contribution >= 0.6 is 0 Å². The molecule has 68 valence electrons. The van der Waals surface area contributed by atoms with Crippen molar-refractivity contribution < 1.29 is 17.1 Å². The van der Waals surface area contributed by atoms with Crippen molar-refractivity contribution in [3.05, 3.63) is 0 Å². The molecule has 0 amide bonds. The molecule has 0 aliphatic rings. The lowest BCUT2D eigenvalue weighted by molar-refractivity contribution is 0.353. The third-order valence-corrected chi connectivity index (χ3v) is 9.96. The summed E-state index contributed by atoms with van der Waals surface area (Å²) in [6, 6.07) is 0. The van der Waals surface area contributed by atoms with Gasteiger partial charge >= 0.3 is 8.56 Å². The molecule has 0 aromatic rings. The minimum atomic E-state index is -1.97. The molecule has 0 rings (SSSR count). The molecule has 0 aromatic carbocycles. The quantitative estimate of drug-likeness (QED) is 0.416. The van der Waals surface area contributed by atoms with E-state index in [4.69, 9.17) is 17.1 Å². The summed E-state index contributed by atoms with van der Waals surface area (Å²) in [5, 5.41) is 0. The first kappa shape index (κ1) is 11.7. The van der Waals surface area contributed by atoms with Crippen LogP contribution in [0.4, 0.5) is 0 Å². The van der Waals surface area contributed by atoms with Gasteiger partial charge in [-0.3, -0.25) is 0 Å². The highest BCUT2D eigenvalue weighted by Crippen LogP contribution is 2.02. The summed E-state index contributed by atoms with van der Waals surface area (Å²) in [7, 11) is -4.40. The van der Waals surface area contributed by atoms with Crippen molar-refractivity contribution in [3.63, 3.8) is 0 Å². The molecule has 0 radical (unpaired) electrons. The Hall–Kier alpha value is 0.708. The first-order valence-corrected chi connectivity index (χ1v) is 10.8. The Balaban J connectivity index is 3.38. The zero-order valence-electron chi connectivity index (χ0n) is 7.29. The van der Waals surface area contributed by atoms with Crippen molar-refractivity contribution in [1.29, 1.82) is 0 Å². The van der Waals surface area contributed by atoms with Crippen LogP contribution in [0.25, 0.3) is 0 Å². The Morgan fingerprint density at radius 1 is 1.27 bits per heavy atom. The Labute approximate surface area is 75.6 Å². The minimum Gasteiger partial charge on any atom is -0.447 e. The predicted octanol–water partition coefficient (Wildman–Crippen LogP) is -2.14. The van der Waals surface area contributed by atoms with Gasteiger partial charge in [0.25, 0.3) is 20.0 Å². The van der Waals surface area contributed by atoms with Crippen molar-refractivity contribution >= 4 is 38.3 Å². The van der Waals surface area contributed by atoms with Crippen LogP contribution in [-0.4, -0.2) is 43.1 Å². The van der Waals surface area contributed by atoms with Crippen LogP contribution in [0.15, 0.2) is 0 Å². The van der Waals surface area contributed by atoms with E-state index < -0.39 is 28.6 Å². The molecule has 0 unspecified atom stereocenters. The zero-order chi connectivity index (χ0) is 8.74. The van der Waals surface area contributed by atoms with Crippen molar-refractivity contribution in [3.8, 4) is 0 Å². The lowest BCUT2D eigenvalue weighted by atomic mass is 11.9. The van der Waals surface area contributed by atoms with E-state index in [-0.39, 0.29) is 9.76 Å². The molecule has 0 aliphatic heterocycles. The van der Waals surface area contributed by atoms with Gasteiger partial charge in [0, 0.05) is 0 Å². The highest BCUT2D eigenvalue weighted by molar-refractivity contribution is 6.72. The highest BCUT2D eigenvalue weighted by atomic mass is 28.4. The lowest BCUT2D eigenvalue weighted by Gasteiger charge is -2.21. The van der Waals surface area contributed by atoms with Crippen molar-refractivity contribution in [2.75, 3.05) is 0 Å². The lowest BCUT2D eigenvalue weighted by Crippen LogP contribution is -2.38. The molecule has 0 saturated heterocycles. The van der Waals surface area contributed by atoms with E-state index >= 15 is 0 Å². The molecule has 0 heterocycles. The summed E-state index contributed by atoms with van der Waals surface area (Å²) < 4.78 is 15.9. The second kappa shape index (κ2) is 6.25. The van der Waals surface area contributed by atoms with Crippen molar-refractivity contribution in [2.45, 2.75) is 19.6 Å². The van der Waals surface area contributed by atoms with Gasteiger partial charge in [0.05, 0.1) is 0 Å². The fourth-order valence-corrected chi connectivity index (χ4v) is 5.68. The van der Waals surface area contributed by atoms with Crippen LogP contribution in [0.1, 0.15) is 0 Å². The largest absolute Gasteiger partial charge is 0.447 e. The second-order valence-electron chi connectivity index (χ2n) is 2.43. The number of hydrogen-bond donors (Lipinski definition) is 1. The van der Waals surface area contributed by atoms with Gasteiger partial charge in [-0.2, -0.15) is 0 Å². The summed E-state index contributed by atoms with van der Waals surface area (Å²) in [6.45, 7) is 5.94. The average molecular weight is 229 g/mol. The van der Waals surface area contributed by atoms with Crippen LogP contribution in [0.2, 0.25) is 19.6 Å². The van der Waals surface area contributed by atoms with Gasteiger partial charge in [0.2, 0.25) is 0 Å². The van der Waals surface area contributed by atoms with Gasteiger partial charge in [-0.05, 0) is 13.1 Å². The van der Waals surface area contributed by atoms with E-state index in [9.17, 15) is 0 Å². The van der Waals surface area contributed by atoms with Crippen molar-refractivity contribution in [2.24, 2.45) is 0 Å². The van der Waals surface area contributed by atoms with Gasteiger partial charge in [-0.1, -0.05) is 6.55 Å². The second-order valence-corrected chi connectivity index (χ2v) is 10.2. The van der Waals surface area contributed by atoms with E-state index in [0.717, 1.165) is 0 Å². The third-order valence-electron chi connectivity index (χ3n) is 1.11. The topological polar surface area (TPSA) is 47.9 Å². The number of rotatable bonds is 6. The van der Waals surface area contributed by atoms with E-state index in [1.807, 2.05) is 13.1 Å². The molecule has 8 heteroatoms. The highest BCUT2D eigenvalue weighted by Gasteiger charge is 2.22. The summed E-state index contributed by atoms with van der Waals surface area (Å²) >= 11 is 0. The van der Waals surface area contributed by atoms with E-state index in [0.29, 0.717) is 0 Å². The van der Waals surface area contributed by atoms with E-state index in [1.54, 1.807) is 0 Å². The Morgan fingerprint density at radius 3 is 2.36 bits per heavy atom. The van der Waals surface area contributed by atoms with Gasteiger partial charge in [-0.25, -0.2) is 0 Å². The summed E-state index contributed by atoms with van der Waals surface area (Å²) in [4.78, 5) is 8.61. The predicted molar refractivity (Wildman–Crippen MR) is 54.5 cm³/mol. The molecule has 0 aliphatic carbocycles. The van der Waals surface area contributed by atoms with E-state index in [2.05, 4.69) is 6.55 Å². The maximum Gasteiger partial charge on any atom is 0.313 e. The molecule has 0 bridgehead atoms. The molecule has 4 nitrogen and oxygen atoms in total. The third kappa shape index (κ3) is 7.08. The minimum absolute atomic E-state index is 0.317. The molecular weight excluding hydrogens is 212 g/mol. The molecule has 0 aromatic heterocycles. The summed E-state index contributed by atoms with van der Waals surface area (Å²) in [5.74, 6) is 0. The molecule has 0 fully saturated rings. The fourth-order valence-electron chi connectivity index (χ4n) is 0.464. The monoisotopic (exact) mass is 228 g/mol. The smallest absolute Gasteiger partial charge is 0.313 e. The first-order valence-electron chi connectivity index (χ1n) is 3.59.